The molecule has 0 rings (SSSR count). The Morgan fingerprint density at radius 3 is 2.45 bits per heavy atom. The van der Waals surface area contributed by atoms with Crippen LogP contribution in [0.5, 0.6) is 0 Å². The molecule has 0 aliphatic carbocycles. The molecule has 0 saturated carbocycles. The summed E-state index contributed by atoms with van der Waals surface area (Å²) in [5, 5.41) is 3.71. The predicted octanol–water partition coefficient (Wildman–Crippen LogP) is 2.08. The minimum atomic E-state index is -0.119. The zero-order chi connectivity index (χ0) is 8.91. The minimum absolute atomic E-state index is 0.119. The third-order valence-corrected chi connectivity index (χ3v) is 2.69. The predicted molar refractivity (Wildman–Crippen MR) is 50.9 cm³/mol. The summed E-state index contributed by atoms with van der Waals surface area (Å²) in [5.74, 6) is 0.136. The molecule has 1 amide bonds. The molecule has 2 nitrogen and oxygen atoms in total. The van der Waals surface area contributed by atoms with Crippen LogP contribution in [0.3, 0.4) is 0 Å². The maximum absolute atomic E-state index is 11.1. The Labute approximate surface area is 76.9 Å². The molecule has 1 N–H and O–H groups in total. The summed E-state index contributed by atoms with van der Waals surface area (Å²) in [7, 11) is 0. The van der Waals surface area contributed by atoms with Gasteiger partial charge in [-0.25, -0.2) is 0 Å². The Bertz CT molecular complexity index is 134. The van der Waals surface area contributed by atoms with Gasteiger partial charge >= 0.3 is 0 Å². The van der Waals surface area contributed by atoms with Crippen LogP contribution in [-0.2, 0) is 4.79 Å². The highest BCUT2D eigenvalue weighted by Crippen LogP contribution is 2.06. The topological polar surface area (TPSA) is 29.1 Å². The fourth-order valence-electron chi connectivity index (χ4n) is 0.700. The monoisotopic (exact) mass is 221 g/mol. The highest BCUT2D eigenvalue weighted by atomic mass is 79.9. The van der Waals surface area contributed by atoms with Gasteiger partial charge in [0.25, 0.3) is 0 Å². The fraction of sp³-hybridized carbons (Fsp3) is 0.875. The first-order chi connectivity index (χ1) is 5.02. The molecule has 66 valence electrons. The maximum atomic E-state index is 11.1. The Kier molecular flexibility index (Phi) is 4.73. The highest BCUT2D eigenvalue weighted by molar-refractivity contribution is 9.09. The van der Waals surface area contributed by atoms with Crippen molar-refractivity contribution in [2.75, 3.05) is 5.33 Å². The van der Waals surface area contributed by atoms with E-state index in [4.69, 9.17) is 0 Å². The van der Waals surface area contributed by atoms with Gasteiger partial charge < -0.3 is 5.32 Å². The lowest BCUT2D eigenvalue weighted by atomic mass is 10.1. The highest BCUT2D eigenvalue weighted by Gasteiger charge is 2.17. The summed E-state index contributed by atoms with van der Waals surface area (Å²) < 4.78 is 0. The van der Waals surface area contributed by atoms with E-state index in [2.05, 4.69) is 21.2 Å². The van der Waals surface area contributed by atoms with Gasteiger partial charge in [0.05, 0.1) is 0 Å². The summed E-state index contributed by atoms with van der Waals surface area (Å²) >= 11 is 3.34. The Morgan fingerprint density at radius 1 is 1.55 bits per heavy atom. The normalized spacial score (nSPS) is 11.3. The van der Waals surface area contributed by atoms with Crippen LogP contribution < -0.4 is 5.32 Å². The SMILES string of the molecule is CCCC(=O)NC(C)(C)CBr. The van der Waals surface area contributed by atoms with Crippen molar-refractivity contribution in [2.45, 2.75) is 39.2 Å². The van der Waals surface area contributed by atoms with Gasteiger partial charge in [-0.3, -0.25) is 4.79 Å². The second-order valence-electron chi connectivity index (χ2n) is 3.32. The van der Waals surface area contributed by atoms with E-state index < -0.39 is 0 Å². The number of carbonyl (C=O) groups is 1. The molecule has 0 atom stereocenters. The van der Waals surface area contributed by atoms with Crippen LogP contribution in [-0.4, -0.2) is 16.8 Å². The van der Waals surface area contributed by atoms with E-state index in [1.165, 1.54) is 0 Å². The van der Waals surface area contributed by atoms with Crippen molar-refractivity contribution in [1.29, 1.82) is 0 Å². The first-order valence-electron chi connectivity index (χ1n) is 3.89. The van der Waals surface area contributed by atoms with Crippen molar-refractivity contribution in [3.8, 4) is 0 Å². The molecule has 11 heavy (non-hydrogen) atoms. The minimum Gasteiger partial charge on any atom is -0.350 e. The lowest BCUT2D eigenvalue weighted by molar-refractivity contribution is -0.122. The number of amides is 1. The van der Waals surface area contributed by atoms with Crippen LogP contribution in [0, 0.1) is 0 Å². The molecule has 0 aliphatic rings. The van der Waals surface area contributed by atoms with Gasteiger partial charge in [0.15, 0.2) is 0 Å². The van der Waals surface area contributed by atoms with E-state index >= 15 is 0 Å². The molecule has 0 heterocycles. The van der Waals surface area contributed by atoms with Crippen LogP contribution in [0.15, 0.2) is 0 Å². The Balaban J connectivity index is 3.74. The van der Waals surface area contributed by atoms with E-state index in [1.54, 1.807) is 0 Å². The first kappa shape index (κ1) is 11.0. The number of alkyl halides is 1. The van der Waals surface area contributed by atoms with E-state index in [0.717, 1.165) is 11.8 Å². The largest absolute Gasteiger partial charge is 0.350 e. The van der Waals surface area contributed by atoms with Gasteiger partial charge in [-0.15, -0.1) is 0 Å². The molecule has 0 radical (unpaired) electrons. The molecule has 0 aromatic carbocycles. The molecule has 0 aromatic rings. The number of hydrogen-bond donors (Lipinski definition) is 1. The van der Waals surface area contributed by atoms with Crippen LogP contribution in [0.2, 0.25) is 0 Å². The standard InChI is InChI=1S/C8H16BrNO/c1-4-5-7(11)10-8(2,3)6-9/h4-6H2,1-3H3,(H,10,11). The molecular formula is C8H16BrNO. The first-order valence-corrected chi connectivity index (χ1v) is 5.01. The molecule has 0 bridgehead atoms. The van der Waals surface area contributed by atoms with E-state index in [1.807, 2.05) is 20.8 Å². The Hall–Kier alpha value is -0.0500. The van der Waals surface area contributed by atoms with Crippen LogP contribution in [0.4, 0.5) is 0 Å². The molecule has 0 aliphatic heterocycles. The number of rotatable bonds is 4. The third-order valence-electron chi connectivity index (χ3n) is 1.29. The molecular weight excluding hydrogens is 206 g/mol. The second kappa shape index (κ2) is 4.75. The quantitative estimate of drug-likeness (QED) is 0.725. The number of nitrogens with one attached hydrogen (secondary N) is 1. The van der Waals surface area contributed by atoms with Gasteiger partial charge in [-0.2, -0.15) is 0 Å². The third kappa shape index (κ3) is 5.24. The summed E-state index contributed by atoms with van der Waals surface area (Å²) in [6, 6.07) is 0. The molecule has 0 spiro atoms. The van der Waals surface area contributed by atoms with Crippen molar-refractivity contribution >= 4 is 21.8 Å². The van der Waals surface area contributed by atoms with Crippen LogP contribution in [0.1, 0.15) is 33.6 Å². The number of halogens is 1. The average molecular weight is 222 g/mol. The van der Waals surface area contributed by atoms with E-state index in [-0.39, 0.29) is 11.4 Å². The summed E-state index contributed by atoms with van der Waals surface area (Å²) in [6.45, 7) is 5.99. The zero-order valence-electron chi connectivity index (χ0n) is 7.41. The van der Waals surface area contributed by atoms with Crippen LogP contribution in [0.25, 0.3) is 0 Å². The summed E-state index contributed by atoms with van der Waals surface area (Å²) in [5.41, 5.74) is -0.119. The molecule has 0 saturated heterocycles. The smallest absolute Gasteiger partial charge is 0.220 e. The maximum Gasteiger partial charge on any atom is 0.220 e. The fourth-order valence-corrected chi connectivity index (χ4v) is 0.841. The van der Waals surface area contributed by atoms with Crippen molar-refractivity contribution in [3.05, 3.63) is 0 Å². The van der Waals surface area contributed by atoms with Crippen molar-refractivity contribution in [3.63, 3.8) is 0 Å². The van der Waals surface area contributed by atoms with E-state index in [0.29, 0.717) is 6.42 Å². The lowest BCUT2D eigenvalue weighted by Crippen LogP contribution is -2.44. The zero-order valence-corrected chi connectivity index (χ0v) is 8.99. The molecule has 3 heteroatoms. The Morgan fingerprint density at radius 2 is 2.09 bits per heavy atom. The average Bonchev–Trinajstić information content (AvgIpc) is 1.87. The van der Waals surface area contributed by atoms with E-state index in [9.17, 15) is 4.79 Å². The summed E-state index contributed by atoms with van der Waals surface area (Å²) in [6.07, 6.45) is 1.53. The van der Waals surface area contributed by atoms with Gasteiger partial charge in [-0.1, -0.05) is 22.9 Å². The molecule has 0 fully saturated rings. The van der Waals surface area contributed by atoms with Gasteiger partial charge in [0.2, 0.25) is 5.91 Å². The van der Waals surface area contributed by atoms with Crippen molar-refractivity contribution in [1.82, 2.24) is 5.32 Å². The van der Waals surface area contributed by atoms with Gasteiger partial charge in [-0.05, 0) is 20.3 Å². The van der Waals surface area contributed by atoms with Gasteiger partial charge in [0.1, 0.15) is 0 Å². The number of hydrogen-bond acceptors (Lipinski definition) is 1. The summed E-state index contributed by atoms with van der Waals surface area (Å²) in [4.78, 5) is 11.1. The molecule has 0 aromatic heterocycles. The van der Waals surface area contributed by atoms with Crippen LogP contribution >= 0.6 is 15.9 Å². The second-order valence-corrected chi connectivity index (χ2v) is 3.88. The van der Waals surface area contributed by atoms with Gasteiger partial charge in [0, 0.05) is 17.3 Å². The molecule has 0 unspecified atom stereocenters. The van der Waals surface area contributed by atoms with Crippen molar-refractivity contribution < 1.29 is 4.79 Å². The lowest BCUT2D eigenvalue weighted by Gasteiger charge is -2.23. The number of carbonyl (C=O) groups excluding carboxylic acids is 1. The van der Waals surface area contributed by atoms with Crippen molar-refractivity contribution in [2.24, 2.45) is 0 Å².